The molecule has 1 heterocycles. The Morgan fingerprint density at radius 1 is 1.56 bits per heavy atom. The highest BCUT2D eigenvalue weighted by Crippen LogP contribution is 2.14. The zero-order chi connectivity index (χ0) is 13.2. The summed E-state index contributed by atoms with van der Waals surface area (Å²) in [5.41, 5.74) is 0. The van der Waals surface area contributed by atoms with Gasteiger partial charge in [-0.25, -0.2) is 0 Å². The van der Waals surface area contributed by atoms with E-state index >= 15 is 0 Å². The minimum absolute atomic E-state index is 0.0310. The molecule has 2 N–H and O–H groups in total. The summed E-state index contributed by atoms with van der Waals surface area (Å²) in [7, 11) is 1.62. The van der Waals surface area contributed by atoms with Crippen LogP contribution in [0, 0.1) is 11.8 Å². The second-order valence-electron chi connectivity index (χ2n) is 3.60. The van der Waals surface area contributed by atoms with Crippen LogP contribution >= 0.6 is 11.3 Å². The van der Waals surface area contributed by atoms with Crippen LogP contribution in [0.1, 0.15) is 22.6 Å². The average Bonchev–Trinajstić information content (AvgIpc) is 2.82. The first-order chi connectivity index (χ1) is 8.76. The van der Waals surface area contributed by atoms with E-state index in [4.69, 9.17) is 9.84 Å². The molecule has 0 aliphatic heterocycles. The molecule has 1 aromatic heterocycles. The van der Waals surface area contributed by atoms with Crippen LogP contribution in [0.3, 0.4) is 0 Å². The van der Waals surface area contributed by atoms with Gasteiger partial charge in [0.2, 0.25) is 5.91 Å². The van der Waals surface area contributed by atoms with Crippen molar-refractivity contribution < 1.29 is 14.6 Å². The van der Waals surface area contributed by atoms with Crippen LogP contribution in [-0.4, -0.2) is 31.3 Å². The van der Waals surface area contributed by atoms with E-state index < -0.39 is 0 Å². The number of carbonyl (C=O) groups excluding carboxylic acids is 1. The summed E-state index contributed by atoms with van der Waals surface area (Å²) >= 11 is 1.52. The number of rotatable bonds is 6. The molecule has 0 saturated heterocycles. The molecule has 0 aromatic carbocycles. The Bertz CT molecular complexity index is 431. The molecule has 1 rings (SSSR count). The number of aliphatic hydroxyl groups is 1. The van der Waals surface area contributed by atoms with Gasteiger partial charge in [0.25, 0.3) is 0 Å². The van der Waals surface area contributed by atoms with Gasteiger partial charge in [-0.2, -0.15) is 0 Å². The van der Waals surface area contributed by atoms with E-state index in [2.05, 4.69) is 17.2 Å². The summed E-state index contributed by atoms with van der Waals surface area (Å²) in [4.78, 5) is 13.4. The third-order valence-corrected chi connectivity index (χ3v) is 3.17. The Labute approximate surface area is 111 Å². The summed E-state index contributed by atoms with van der Waals surface area (Å²) in [6.45, 7) is 0.994. The highest BCUT2D eigenvalue weighted by atomic mass is 32.1. The fourth-order valence-electron chi connectivity index (χ4n) is 1.32. The molecule has 0 fully saturated rings. The minimum atomic E-state index is -0.135. The van der Waals surface area contributed by atoms with Crippen molar-refractivity contribution in [3.05, 3.63) is 21.9 Å². The van der Waals surface area contributed by atoms with Crippen molar-refractivity contribution >= 4 is 17.2 Å². The van der Waals surface area contributed by atoms with Crippen LogP contribution in [0.15, 0.2) is 12.1 Å². The van der Waals surface area contributed by atoms with Gasteiger partial charge in [0.15, 0.2) is 0 Å². The molecule has 0 spiro atoms. The van der Waals surface area contributed by atoms with Gasteiger partial charge in [0.1, 0.15) is 6.61 Å². The average molecular weight is 267 g/mol. The third kappa shape index (κ3) is 5.82. The molecule has 18 heavy (non-hydrogen) atoms. The maximum Gasteiger partial charge on any atom is 0.220 e. The maximum absolute atomic E-state index is 11.4. The number of amides is 1. The quantitative estimate of drug-likeness (QED) is 0.600. The molecule has 5 heteroatoms. The topological polar surface area (TPSA) is 58.6 Å². The van der Waals surface area contributed by atoms with Gasteiger partial charge < -0.3 is 15.2 Å². The van der Waals surface area contributed by atoms with Crippen molar-refractivity contribution in [1.29, 1.82) is 0 Å². The van der Waals surface area contributed by atoms with Crippen molar-refractivity contribution in [2.24, 2.45) is 0 Å². The molecular formula is C13H17NO3S. The highest BCUT2D eigenvalue weighted by Gasteiger charge is 2.02. The molecule has 1 amide bonds. The molecule has 0 aliphatic carbocycles. The van der Waals surface area contributed by atoms with E-state index in [1.807, 2.05) is 12.1 Å². The monoisotopic (exact) mass is 267 g/mol. The molecule has 0 aliphatic rings. The number of hydrogen-bond acceptors (Lipinski definition) is 4. The number of nitrogens with one attached hydrogen (secondary N) is 1. The summed E-state index contributed by atoms with van der Waals surface area (Å²) in [6.07, 6.45) is 1.22. The summed E-state index contributed by atoms with van der Waals surface area (Å²) < 4.78 is 4.88. The number of aliphatic hydroxyl groups excluding tert-OH is 1. The largest absolute Gasteiger partial charge is 0.385 e. The predicted molar refractivity (Wildman–Crippen MR) is 71.2 cm³/mol. The second-order valence-corrected chi connectivity index (χ2v) is 4.77. The van der Waals surface area contributed by atoms with Gasteiger partial charge in [-0.1, -0.05) is 11.8 Å². The van der Waals surface area contributed by atoms with E-state index in [1.54, 1.807) is 7.11 Å². The first-order valence-electron chi connectivity index (χ1n) is 5.70. The molecule has 0 radical (unpaired) electrons. The normalized spacial score (nSPS) is 9.67. The first-order valence-corrected chi connectivity index (χ1v) is 6.52. The van der Waals surface area contributed by atoms with E-state index in [0.717, 1.165) is 16.2 Å². The van der Waals surface area contributed by atoms with Crippen LogP contribution in [0.25, 0.3) is 0 Å². The van der Waals surface area contributed by atoms with E-state index in [-0.39, 0.29) is 12.5 Å². The van der Waals surface area contributed by atoms with Crippen molar-refractivity contribution in [1.82, 2.24) is 5.32 Å². The molecule has 98 valence electrons. The summed E-state index contributed by atoms with van der Waals surface area (Å²) in [6, 6.07) is 3.82. The number of thiophene rings is 1. The molecule has 0 bridgehead atoms. The Morgan fingerprint density at radius 3 is 3.11 bits per heavy atom. The lowest BCUT2D eigenvalue weighted by Crippen LogP contribution is -2.22. The van der Waals surface area contributed by atoms with E-state index in [0.29, 0.717) is 19.6 Å². The number of carbonyl (C=O) groups is 1. The smallest absolute Gasteiger partial charge is 0.220 e. The predicted octanol–water partition coefficient (Wildman–Crippen LogP) is 1.13. The van der Waals surface area contributed by atoms with Crippen molar-refractivity contribution in [3.63, 3.8) is 0 Å². The maximum atomic E-state index is 11.4. The Hall–Kier alpha value is -1.35. The Kier molecular flexibility index (Phi) is 7.11. The van der Waals surface area contributed by atoms with Crippen LogP contribution < -0.4 is 5.32 Å². The van der Waals surface area contributed by atoms with Gasteiger partial charge in [-0.05, 0) is 18.6 Å². The van der Waals surface area contributed by atoms with Crippen LogP contribution in [0.5, 0.6) is 0 Å². The number of hydrogen-bond donors (Lipinski definition) is 2. The highest BCUT2D eigenvalue weighted by molar-refractivity contribution is 7.12. The SMILES string of the molecule is COCCCC(=O)NCc1ccc(C#CCO)s1. The zero-order valence-corrected chi connectivity index (χ0v) is 11.2. The lowest BCUT2D eigenvalue weighted by molar-refractivity contribution is -0.121. The van der Waals surface area contributed by atoms with Gasteiger partial charge in [-0.3, -0.25) is 4.79 Å². The molecule has 1 aromatic rings. The van der Waals surface area contributed by atoms with Gasteiger partial charge >= 0.3 is 0 Å². The van der Waals surface area contributed by atoms with Crippen LogP contribution in [0.4, 0.5) is 0 Å². The van der Waals surface area contributed by atoms with Crippen molar-refractivity contribution in [3.8, 4) is 11.8 Å². The fourth-order valence-corrected chi connectivity index (χ4v) is 2.14. The fraction of sp³-hybridized carbons (Fsp3) is 0.462. The third-order valence-electron chi connectivity index (χ3n) is 2.16. The lowest BCUT2D eigenvalue weighted by Gasteiger charge is -2.02. The van der Waals surface area contributed by atoms with Crippen LogP contribution in [-0.2, 0) is 16.1 Å². The minimum Gasteiger partial charge on any atom is -0.385 e. The number of methoxy groups -OCH3 is 1. The molecule has 0 saturated carbocycles. The van der Waals surface area contributed by atoms with Gasteiger partial charge in [0, 0.05) is 25.0 Å². The van der Waals surface area contributed by atoms with Crippen LogP contribution in [0.2, 0.25) is 0 Å². The first kappa shape index (κ1) is 14.7. The molecule has 0 atom stereocenters. The van der Waals surface area contributed by atoms with E-state index in [9.17, 15) is 4.79 Å². The van der Waals surface area contributed by atoms with Gasteiger partial charge in [0.05, 0.1) is 11.4 Å². The summed E-state index contributed by atoms with van der Waals surface area (Å²) in [5, 5.41) is 11.4. The molecule has 0 unspecified atom stereocenters. The zero-order valence-electron chi connectivity index (χ0n) is 10.4. The standard InChI is InChI=1S/C13H17NO3S/c1-17-9-3-5-13(16)14-10-12-7-6-11(18-12)4-2-8-15/h6-7,15H,3,5,8-10H2,1H3,(H,14,16). The number of ether oxygens (including phenoxy) is 1. The lowest BCUT2D eigenvalue weighted by atomic mass is 10.3. The molecular weight excluding hydrogens is 250 g/mol. The second kappa shape index (κ2) is 8.70. The van der Waals surface area contributed by atoms with E-state index in [1.165, 1.54) is 11.3 Å². The Morgan fingerprint density at radius 2 is 2.39 bits per heavy atom. The molecule has 4 nitrogen and oxygen atoms in total. The van der Waals surface area contributed by atoms with Gasteiger partial charge in [-0.15, -0.1) is 11.3 Å². The van der Waals surface area contributed by atoms with Crippen molar-refractivity contribution in [2.75, 3.05) is 20.3 Å². The van der Waals surface area contributed by atoms with Crippen molar-refractivity contribution in [2.45, 2.75) is 19.4 Å². The summed E-state index contributed by atoms with van der Waals surface area (Å²) in [5.74, 6) is 5.46. The Balaban J connectivity index is 2.30.